The quantitative estimate of drug-likeness (QED) is 0.683. The molecule has 15 heavy (non-hydrogen) atoms. The van der Waals surface area contributed by atoms with Crippen LogP contribution in [0.25, 0.3) is 0 Å². The van der Waals surface area contributed by atoms with Crippen molar-refractivity contribution in [2.75, 3.05) is 0 Å². The average Bonchev–Trinajstić information content (AvgIpc) is 2.32. The Morgan fingerprint density at radius 1 is 1.53 bits per heavy atom. The third-order valence-electron chi connectivity index (χ3n) is 1.73. The zero-order valence-corrected chi connectivity index (χ0v) is 10.5. The zero-order valence-electron chi connectivity index (χ0n) is 9.70. The second kappa shape index (κ2) is 4.18. The predicted octanol–water partition coefficient (Wildman–Crippen LogP) is 2.23. The summed E-state index contributed by atoms with van der Waals surface area (Å²) >= 11 is 1.43. The van der Waals surface area contributed by atoms with E-state index in [4.69, 9.17) is 4.74 Å². The Hall–Kier alpha value is -1.10. The number of ether oxygens (including phenoxy) is 1. The Morgan fingerprint density at radius 3 is 2.53 bits per heavy atom. The van der Waals surface area contributed by atoms with Gasteiger partial charge in [0.2, 0.25) is 0 Å². The van der Waals surface area contributed by atoms with Crippen molar-refractivity contribution < 1.29 is 9.53 Å². The molecule has 0 unspecified atom stereocenters. The van der Waals surface area contributed by atoms with Gasteiger partial charge in [-0.3, -0.25) is 0 Å². The molecule has 0 aromatic carbocycles. The fourth-order valence-electron chi connectivity index (χ4n) is 0.911. The van der Waals surface area contributed by atoms with Gasteiger partial charge < -0.3 is 9.30 Å². The summed E-state index contributed by atoms with van der Waals surface area (Å²) in [4.78, 5) is 15.9. The van der Waals surface area contributed by atoms with E-state index in [9.17, 15) is 4.79 Å². The van der Waals surface area contributed by atoms with E-state index in [-0.39, 0.29) is 0 Å². The molecule has 4 nitrogen and oxygen atoms in total. The second-order valence-corrected chi connectivity index (χ2v) is 5.15. The molecule has 0 atom stereocenters. The van der Waals surface area contributed by atoms with E-state index < -0.39 is 11.7 Å². The average molecular weight is 228 g/mol. The molecular formula is C10H16N2O2S. The van der Waals surface area contributed by atoms with Gasteiger partial charge in [0.15, 0.2) is 4.80 Å². The molecule has 84 valence electrons. The van der Waals surface area contributed by atoms with Gasteiger partial charge >= 0.3 is 6.09 Å². The van der Waals surface area contributed by atoms with Crippen LogP contribution in [0.3, 0.4) is 0 Å². The van der Waals surface area contributed by atoms with E-state index in [1.807, 2.05) is 44.7 Å². The van der Waals surface area contributed by atoms with Gasteiger partial charge in [-0.15, -0.1) is 16.3 Å². The van der Waals surface area contributed by atoms with Crippen molar-refractivity contribution in [1.29, 1.82) is 0 Å². The summed E-state index contributed by atoms with van der Waals surface area (Å²) in [6.45, 7) is 7.42. The minimum Gasteiger partial charge on any atom is -0.442 e. The highest BCUT2D eigenvalue weighted by atomic mass is 32.1. The smallest absolute Gasteiger partial charge is 0.436 e. The summed E-state index contributed by atoms with van der Waals surface area (Å²) < 4.78 is 6.95. The number of carbonyl (C=O) groups is 1. The molecule has 0 aliphatic heterocycles. The van der Waals surface area contributed by atoms with Crippen LogP contribution in [0.2, 0.25) is 0 Å². The molecule has 0 saturated heterocycles. The summed E-state index contributed by atoms with van der Waals surface area (Å²) in [5.41, 5.74) is 0.577. The van der Waals surface area contributed by atoms with E-state index in [2.05, 4.69) is 4.99 Å². The summed E-state index contributed by atoms with van der Waals surface area (Å²) in [6, 6.07) is 0. The van der Waals surface area contributed by atoms with Crippen LogP contribution in [-0.2, 0) is 11.8 Å². The lowest BCUT2D eigenvalue weighted by Gasteiger charge is -2.16. The predicted molar refractivity (Wildman–Crippen MR) is 59.8 cm³/mol. The number of hydrogen-bond acceptors (Lipinski definition) is 3. The highest BCUT2D eigenvalue weighted by Gasteiger charge is 2.15. The molecule has 1 aromatic heterocycles. The first-order valence-electron chi connectivity index (χ1n) is 4.68. The maximum Gasteiger partial charge on any atom is 0.436 e. The summed E-state index contributed by atoms with van der Waals surface area (Å²) in [5.74, 6) is 0. The number of nitrogens with zero attached hydrogens (tertiary/aromatic N) is 2. The fraction of sp³-hybridized carbons (Fsp3) is 0.600. The first-order chi connectivity index (χ1) is 6.79. The number of amides is 1. The van der Waals surface area contributed by atoms with Crippen LogP contribution in [0.4, 0.5) is 4.79 Å². The molecule has 1 rings (SSSR count). The summed E-state index contributed by atoms with van der Waals surface area (Å²) in [7, 11) is 1.87. The van der Waals surface area contributed by atoms with Crippen molar-refractivity contribution >= 4 is 17.4 Å². The molecule has 1 amide bonds. The number of carbonyl (C=O) groups excluding carboxylic acids is 1. The third kappa shape index (κ3) is 3.51. The zero-order chi connectivity index (χ0) is 11.6. The SMILES string of the molecule is Cc1csc(=NC(=O)OC(C)(C)C)n1C. The van der Waals surface area contributed by atoms with E-state index in [0.717, 1.165) is 5.69 Å². The molecular weight excluding hydrogens is 212 g/mol. The maximum absolute atomic E-state index is 11.4. The van der Waals surface area contributed by atoms with Gasteiger partial charge in [-0.25, -0.2) is 4.79 Å². The van der Waals surface area contributed by atoms with Crippen LogP contribution in [-0.4, -0.2) is 16.3 Å². The molecule has 1 heterocycles. The van der Waals surface area contributed by atoms with Gasteiger partial charge in [0.1, 0.15) is 5.60 Å². The van der Waals surface area contributed by atoms with Crippen LogP contribution in [0.5, 0.6) is 0 Å². The molecule has 0 radical (unpaired) electrons. The van der Waals surface area contributed by atoms with Crippen LogP contribution >= 0.6 is 11.3 Å². The molecule has 0 fully saturated rings. The number of aromatic nitrogens is 1. The minimum atomic E-state index is -0.542. The van der Waals surface area contributed by atoms with Crippen molar-refractivity contribution in [3.05, 3.63) is 15.9 Å². The lowest BCUT2D eigenvalue weighted by Crippen LogP contribution is -2.24. The lowest BCUT2D eigenvalue weighted by molar-refractivity contribution is 0.0596. The molecule has 0 aliphatic rings. The van der Waals surface area contributed by atoms with Gasteiger partial charge in [0.05, 0.1) is 0 Å². The first-order valence-corrected chi connectivity index (χ1v) is 5.56. The topological polar surface area (TPSA) is 43.6 Å². The van der Waals surface area contributed by atoms with Crippen molar-refractivity contribution in [2.45, 2.75) is 33.3 Å². The van der Waals surface area contributed by atoms with Crippen LogP contribution in [0, 0.1) is 6.92 Å². The molecule has 0 aliphatic carbocycles. The fourth-order valence-corrected chi connectivity index (χ4v) is 1.77. The first kappa shape index (κ1) is 12.0. The second-order valence-electron chi connectivity index (χ2n) is 4.31. The van der Waals surface area contributed by atoms with Crippen molar-refractivity contribution in [2.24, 2.45) is 12.0 Å². The van der Waals surface area contributed by atoms with Crippen LogP contribution < -0.4 is 4.80 Å². The van der Waals surface area contributed by atoms with E-state index >= 15 is 0 Å². The van der Waals surface area contributed by atoms with Gasteiger partial charge in [-0.2, -0.15) is 0 Å². The Bertz CT molecular complexity index is 423. The number of thiazole rings is 1. The van der Waals surface area contributed by atoms with Gasteiger partial charge in [-0.1, -0.05) is 0 Å². The summed E-state index contributed by atoms with van der Waals surface area (Å²) in [5, 5.41) is 1.95. The van der Waals surface area contributed by atoms with Gasteiger partial charge in [0, 0.05) is 18.1 Å². The highest BCUT2D eigenvalue weighted by molar-refractivity contribution is 7.07. The number of aryl methyl sites for hydroxylation is 1. The minimum absolute atomic E-state index is 0.495. The standard InChI is InChI=1S/C10H16N2O2S/c1-7-6-15-8(12(7)5)11-9(13)14-10(2,3)4/h6H,1-5H3. The monoisotopic (exact) mass is 228 g/mol. The Balaban J connectivity index is 2.89. The largest absolute Gasteiger partial charge is 0.442 e. The van der Waals surface area contributed by atoms with Crippen molar-refractivity contribution in [3.8, 4) is 0 Å². The lowest BCUT2D eigenvalue weighted by atomic mass is 10.2. The van der Waals surface area contributed by atoms with Crippen molar-refractivity contribution in [1.82, 2.24) is 4.57 Å². The van der Waals surface area contributed by atoms with Gasteiger partial charge in [-0.05, 0) is 27.7 Å². The molecule has 5 heteroatoms. The van der Waals surface area contributed by atoms with Crippen LogP contribution in [0.1, 0.15) is 26.5 Å². The number of rotatable bonds is 0. The van der Waals surface area contributed by atoms with E-state index in [1.165, 1.54) is 11.3 Å². The van der Waals surface area contributed by atoms with Crippen LogP contribution in [0.15, 0.2) is 10.4 Å². The molecule has 0 N–H and O–H groups in total. The Kier molecular flexibility index (Phi) is 3.34. The van der Waals surface area contributed by atoms with Gasteiger partial charge in [0.25, 0.3) is 0 Å². The summed E-state index contributed by atoms with van der Waals surface area (Å²) in [6.07, 6.45) is -0.542. The Morgan fingerprint density at radius 2 is 2.13 bits per heavy atom. The Labute approximate surface area is 93.2 Å². The van der Waals surface area contributed by atoms with E-state index in [0.29, 0.717) is 4.80 Å². The normalized spacial score (nSPS) is 13.0. The van der Waals surface area contributed by atoms with Crippen molar-refractivity contribution in [3.63, 3.8) is 0 Å². The maximum atomic E-state index is 11.4. The number of hydrogen-bond donors (Lipinski definition) is 0. The van der Waals surface area contributed by atoms with E-state index in [1.54, 1.807) is 0 Å². The molecule has 0 bridgehead atoms. The molecule has 1 aromatic rings. The third-order valence-corrected chi connectivity index (χ3v) is 2.77. The molecule has 0 spiro atoms. The molecule has 0 saturated carbocycles. The highest BCUT2D eigenvalue weighted by Crippen LogP contribution is 2.07.